The molecule has 152 valence electrons. The van der Waals surface area contributed by atoms with Gasteiger partial charge in [-0.1, -0.05) is 64.1 Å². The molecule has 1 heterocycles. The molecule has 29 heavy (non-hydrogen) atoms. The lowest BCUT2D eigenvalue weighted by atomic mass is 10.2. The monoisotopic (exact) mass is 446 g/mol. The van der Waals surface area contributed by atoms with Crippen LogP contribution in [0.3, 0.4) is 0 Å². The minimum absolute atomic E-state index is 0.486. The van der Waals surface area contributed by atoms with Gasteiger partial charge in [0, 0.05) is 27.2 Å². The molecule has 0 saturated heterocycles. The molecule has 0 aliphatic carbocycles. The summed E-state index contributed by atoms with van der Waals surface area (Å²) in [5.74, 6) is 3.36. The lowest BCUT2D eigenvalue weighted by Crippen LogP contribution is -1.99. The number of ether oxygens (including phenoxy) is 2. The van der Waals surface area contributed by atoms with E-state index in [-0.39, 0.29) is 0 Å². The third-order valence-corrected chi connectivity index (χ3v) is 7.42. The fraction of sp³-hybridized carbons (Fsp3) is 0.238. The maximum Gasteiger partial charge on any atom is 0.220 e. The molecule has 0 saturated carbocycles. The lowest BCUT2D eigenvalue weighted by molar-refractivity contribution is 0.369. The van der Waals surface area contributed by atoms with Crippen LogP contribution in [0.2, 0.25) is 0 Å². The van der Waals surface area contributed by atoms with E-state index in [1.165, 1.54) is 0 Å². The third kappa shape index (κ3) is 7.06. The predicted octanol–water partition coefficient (Wildman–Crippen LogP) is 4.88. The van der Waals surface area contributed by atoms with E-state index in [2.05, 4.69) is 16.0 Å². The molecule has 0 fully saturated rings. The Morgan fingerprint density at radius 1 is 0.862 bits per heavy atom. The molecule has 0 aliphatic rings. The highest BCUT2D eigenvalue weighted by Gasteiger charge is 2.08. The second-order valence-corrected chi connectivity index (χ2v) is 9.90. The van der Waals surface area contributed by atoms with Gasteiger partial charge in [-0.3, -0.25) is 4.21 Å². The van der Waals surface area contributed by atoms with Gasteiger partial charge in [-0.05, 0) is 23.3 Å². The van der Waals surface area contributed by atoms with Gasteiger partial charge in [0.25, 0.3) is 0 Å². The van der Waals surface area contributed by atoms with Crippen molar-refractivity contribution in [3.8, 4) is 11.8 Å². The Labute approximate surface area is 181 Å². The molecule has 0 radical (unpaired) electrons. The van der Waals surface area contributed by atoms with Crippen LogP contribution in [-0.4, -0.2) is 28.4 Å². The zero-order valence-electron chi connectivity index (χ0n) is 16.2. The van der Waals surface area contributed by atoms with Crippen molar-refractivity contribution in [1.82, 2.24) is 9.97 Å². The predicted molar refractivity (Wildman–Crippen MR) is 121 cm³/mol. The summed E-state index contributed by atoms with van der Waals surface area (Å²) in [4.78, 5) is 9.79. The van der Waals surface area contributed by atoms with E-state index in [4.69, 9.17) is 9.47 Å². The molecule has 8 heteroatoms. The van der Waals surface area contributed by atoms with E-state index in [1.54, 1.807) is 41.9 Å². The Balaban J connectivity index is 1.54. The van der Waals surface area contributed by atoms with Crippen molar-refractivity contribution in [2.45, 2.75) is 22.2 Å². The second kappa shape index (κ2) is 11.2. The quantitative estimate of drug-likeness (QED) is 0.411. The zero-order chi connectivity index (χ0) is 20.5. The first-order chi connectivity index (χ1) is 14.2. The summed E-state index contributed by atoms with van der Waals surface area (Å²) in [7, 11) is 5.48. The minimum Gasteiger partial charge on any atom is -0.481 e. The molecule has 1 unspecified atom stereocenters. The van der Waals surface area contributed by atoms with Gasteiger partial charge in [0.05, 0.1) is 26.0 Å². The summed E-state index contributed by atoms with van der Waals surface area (Å²) in [5.41, 5.74) is 2.17. The standard InChI is InChI=1S/C21H22N2O3S3/c1-25-20-12-21(26-2)23-19(22-20)13-27-28-18-10-6-9-17(11-18)15-29(24)14-16-7-4-3-5-8-16/h3-12H,13-15H2,1-2H3. The molecule has 3 rings (SSSR count). The lowest BCUT2D eigenvalue weighted by Gasteiger charge is -2.07. The van der Waals surface area contributed by atoms with Crippen LogP contribution in [0.1, 0.15) is 17.0 Å². The van der Waals surface area contributed by atoms with Gasteiger partial charge in [0.2, 0.25) is 11.8 Å². The summed E-state index contributed by atoms with van der Waals surface area (Å²) in [6, 6.07) is 19.8. The van der Waals surface area contributed by atoms with Crippen LogP contribution in [0.4, 0.5) is 0 Å². The number of hydrogen-bond donors (Lipinski definition) is 0. The van der Waals surface area contributed by atoms with Crippen molar-refractivity contribution in [3.63, 3.8) is 0 Å². The number of methoxy groups -OCH3 is 2. The Morgan fingerprint density at radius 2 is 1.52 bits per heavy atom. The Bertz CT molecular complexity index is 933. The fourth-order valence-electron chi connectivity index (χ4n) is 2.56. The van der Waals surface area contributed by atoms with Crippen molar-refractivity contribution in [3.05, 3.63) is 77.6 Å². The van der Waals surface area contributed by atoms with E-state index in [9.17, 15) is 4.21 Å². The van der Waals surface area contributed by atoms with Crippen molar-refractivity contribution >= 4 is 32.4 Å². The second-order valence-electron chi connectivity index (χ2n) is 6.08. The summed E-state index contributed by atoms with van der Waals surface area (Å²) in [5, 5.41) is 0. The Kier molecular flexibility index (Phi) is 8.39. The van der Waals surface area contributed by atoms with Gasteiger partial charge in [0.1, 0.15) is 5.82 Å². The Hall–Kier alpha value is -2.03. The SMILES string of the molecule is COc1cc(OC)nc(CSSc2cccc(CS(=O)Cc3ccccc3)c2)n1. The minimum atomic E-state index is -0.937. The highest BCUT2D eigenvalue weighted by Crippen LogP contribution is 2.34. The smallest absolute Gasteiger partial charge is 0.220 e. The highest BCUT2D eigenvalue weighted by atomic mass is 33.1. The van der Waals surface area contributed by atoms with Crippen molar-refractivity contribution in [1.29, 1.82) is 0 Å². The Morgan fingerprint density at radius 3 is 2.21 bits per heavy atom. The van der Waals surface area contributed by atoms with Crippen LogP contribution in [0.25, 0.3) is 0 Å². The van der Waals surface area contributed by atoms with Gasteiger partial charge in [-0.15, -0.1) is 0 Å². The molecule has 0 aliphatic heterocycles. The molecule has 0 N–H and O–H groups in total. The first kappa shape index (κ1) is 21.7. The molecular weight excluding hydrogens is 424 g/mol. The molecule has 0 amide bonds. The van der Waals surface area contributed by atoms with Crippen LogP contribution >= 0.6 is 21.6 Å². The fourth-order valence-corrected chi connectivity index (χ4v) is 5.75. The van der Waals surface area contributed by atoms with Gasteiger partial charge in [-0.2, -0.15) is 9.97 Å². The van der Waals surface area contributed by atoms with E-state index in [1.807, 2.05) is 48.5 Å². The van der Waals surface area contributed by atoms with Crippen LogP contribution in [0.15, 0.2) is 65.6 Å². The van der Waals surface area contributed by atoms with Crippen molar-refractivity contribution < 1.29 is 13.7 Å². The zero-order valence-corrected chi connectivity index (χ0v) is 18.7. The summed E-state index contributed by atoms with van der Waals surface area (Å²) < 4.78 is 22.8. The van der Waals surface area contributed by atoms with Crippen LogP contribution in [0, 0.1) is 0 Å². The third-order valence-electron chi connectivity index (χ3n) is 3.88. The van der Waals surface area contributed by atoms with Crippen LogP contribution < -0.4 is 9.47 Å². The maximum absolute atomic E-state index is 12.5. The molecule has 1 atom stereocenters. The normalized spacial score (nSPS) is 11.8. The molecule has 0 bridgehead atoms. The van der Waals surface area contributed by atoms with E-state index >= 15 is 0 Å². The summed E-state index contributed by atoms with van der Waals surface area (Å²) in [6.07, 6.45) is 0. The highest BCUT2D eigenvalue weighted by molar-refractivity contribution is 8.76. The van der Waals surface area contributed by atoms with E-state index in [0.717, 1.165) is 16.0 Å². The molecular formula is C21H22N2O3S3. The summed E-state index contributed by atoms with van der Waals surface area (Å²) in [6.45, 7) is 0. The van der Waals surface area contributed by atoms with E-state index < -0.39 is 10.8 Å². The molecule has 3 aromatic rings. The van der Waals surface area contributed by atoms with Gasteiger partial charge in [0.15, 0.2) is 0 Å². The van der Waals surface area contributed by atoms with Crippen LogP contribution in [0.5, 0.6) is 11.8 Å². The average molecular weight is 447 g/mol. The number of benzene rings is 2. The van der Waals surface area contributed by atoms with Crippen molar-refractivity contribution in [2.24, 2.45) is 0 Å². The topological polar surface area (TPSA) is 61.3 Å². The van der Waals surface area contributed by atoms with Gasteiger partial charge >= 0.3 is 0 Å². The average Bonchev–Trinajstić information content (AvgIpc) is 2.74. The number of hydrogen-bond acceptors (Lipinski definition) is 7. The maximum atomic E-state index is 12.5. The molecule has 0 spiro atoms. The number of nitrogens with zero attached hydrogens (tertiary/aromatic N) is 2. The molecule has 2 aromatic carbocycles. The summed E-state index contributed by atoms with van der Waals surface area (Å²) >= 11 is 0. The largest absolute Gasteiger partial charge is 0.481 e. The number of rotatable bonds is 10. The van der Waals surface area contributed by atoms with Gasteiger partial charge < -0.3 is 9.47 Å². The van der Waals surface area contributed by atoms with Crippen LogP contribution in [-0.2, 0) is 28.1 Å². The molecule has 5 nitrogen and oxygen atoms in total. The van der Waals surface area contributed by atoms with E-state index in [0.29, 0.717) is 34.8 Å². The molecule has 1 aromatic heterocycles. The van der Waals surface area contributed by atoms with Crippen molar-refractivity contribution in [2.75, 3.05) is 14.2 Å². The number of aromatic nitrogens is 2. The first-order valence-corrected chi connectivity index (χ1v) is 12.7. The first-order valence-electron chi connectivity index (χ1n) is 8.89. The van der Waals surface area contributed by atoms with Gasteiger partial charge in [-0.25, -0.2) is 0 Å².